The number of nitrogens with one attached hydrogen (secondary N) is 1. The van der Waals surface area contributed by atoms with E-state index in [1.165, 1.54) is 6.20 Å². The van der Waals surface area contributed by atoms with Crippen molar-refractivity contribution in [3.63, 3.8) is 0 Å². The number of hydrogen-bond acceptors (Lipinski definition) is 5. The average Bonchev–Trinajstić information content (AvgIpc) is 2.77. The molecule has 0 saturated heterocycles. The number of anilines is 1. The quantitative estimate of drug-likeness (QED) is 0.527. The summed E-state index contributed by atoms with van der Waals surface area (Å²) >= 11 is 0. The van der Waals surface area contributed by atoms with E-state index in [4.69, 9.17) is 14.7 Å². The predicted octanol–water partition coefficient (Wildman–Crippen LogP) is 5.62. The molecule has 0 unspecified atom stereocenters. The van der Waals surface area contributed by atoms with Crippen LogP contribution in [0.15, 0.2) is 60.8 Å². The summed E-state index contributed by atoms with van der Waals surface area (Å²) in [6.45, 7) is 6.38. The van der Waals surface area contributed by atoms with E-state index in [1.807, 2.05) is 48.5 Å². The molecule has 0 fully saturated rings. The number of aromatic nitrogens is 1. The maximum absolute atomic E-state index is 12.6. The Morgan fingerprint density at radius 1 is 1.09 bits per heavy atom. The molecule has 0 aliphatic rings. The smallest absolute Gasteiger partial charge is 0.224 e. The van der Waals surface area contributed by atoms with Crippen molar-refractivity contribution in [3.8, 4) is 23.3 Å². The molecule has 2 aromatic carbocycles. The summed E-state index contributed by atoms with van der Waals surface area (Å²) in [5.41, 5.74) is 3.03. The lowest BCUT2D eigenvalue weighted by Crippen LogP contribution is -2.15. The minimum absolute atomic E-state index is 0.0327. The van der Waals surface area contributed by atoms with Gasteiger partial charge in [0.25, 0.3) is 0 Å². The molecule has 0 bridgehead atoms. The van der Waals surface area contributed by atoms with Crippen LogP contribution in [0.4, 0.5) is 5.69 Å². The summed E-state index contributed by atoms with van der Waals surface area (Å²) in [6, 6.07) is 18.7. The van der Waals surface area contributed by atoms with E-state index in [0.29, 0.717) is 41.5 Å². The number of pyridine rings is 1. The molecule has 1 amide bonds. The van der Waals surface area contributed by atoms with Gasteiger partial charge in [0, 0.05) is 18.7 Å². The Morgan fingerprint density at radius 2 is 1.88 bits per heavy atom. The normalized spacial score (nSPS) is 10.8. The van der Waals surface area contributed by atoms with Crippen LogP contribution >= 0.6 is 0 Å². The van der Waals surface area contributed by atoms with E-state index in [0.717, 1.165) is 11.1 Å². The molecule has 0 atom stereocenters. The fraction of sp³-hybridized carbons (Fsp3) is 0.269. The number of hydrogen-bond donors (Lipinski definition) is 1. The molecule has 3 aromatic rings. The number of rotatable bonds is 7. The highest BCUT2D eigenvalue weighted by Gasteiger charge is 2.17. The van der Waals surface area contributed by atoms with Crippen molar-refractivity contribution in [1.82, 2.24) is 4.98 Å². The summed E-state index contributed by atoms with van der Waals surface area (Å²) < 4.78 is 11.2. The number of carbonyl (C=O) groups excluding carboxylic acids is 1. The number of amides is 1. The molecule has 0 aliphatic heterocycles. The Morgan fingerprint density at radius 3 is 2.59 bits per heavy atom. The van der Waals surface area contributed by atoms with Crippen LogP contribution in [-0.2, 0) is 16.6 Å². The summed E-state index contributed by atoms with van der Waals surface area (Å²) in [4.78, 5) is 16.6. The Labute approximate surface area is 188 Å². The van der Waals surface area contributed by atoms with Crippen LogP contribution in [0, 0.1) is 11.3 Å². The van der Waals surface area contributed by atoms with Gasteiger partial charge in [0.15, 0.2) is 0 Å². The zero-order valence-electron chi connectivity index (χ0n) is 18.8. The average molecular weight is 430 g/mol. The van der Waals surface area contributed by atoms with Crippen molar-refractivity contribution in [1.29, 1.82) is 5.26 Å². The first-order chi connectivity index (χ1) is 15.3. The second-order valence-corrected chi connectivity index (χ2v) is 8.45. The fourth-order valence-electron chi connectivity index (χ4n) is 3.18. The lowest BCUT2D eigenvalue weighted by molar-refractivity contribution is -0.116. The number of nitrogens with zero attached hydrogens (tertiary/aromatic N) is 2. The van der Waals surface area contributed by atoms with Crippen LogP contribution in [0.3, 0.4) is 0 Å². The summed E-state index contributed by atoms with van der Waals surface area (Å²) in [5.74, 6) is 1.72. The zero-order valence-corrected chi connectivity index (χ0v) is 18.8. The summed E-state index contributed by atoms with van der Waals surface area (Å²) in [7, 11) is 1.59. The number of methoxy groups -OCH3 is 1. The van der Waals surface area contributed by atoms with Crippen LogP contribution in [0.2, 0.25) is 0 Å². The monoisotopic (exact) mass is 429 g/mol. The molecular weight excluding hydrogens is 402 g/mol. The molecular formula is C26H27N3O3. The molecule has 0 saturated carbocycles. The first-order valence-electron chi connectivity index (χ1n) is 10.4. The Bertz CT molecular complexity index is 1140. The SMILES string of the molecule is COc1ccc(C(C)(C)C)cc1NC(=O)CCc1cccc(Oc2ccnc(C#N)c2)c1. The molecule has 0 spiro atoms. The van der Waals surface area contributed by atoms with Crippen LogP contribution in [-0.4, -0.2) is 18.0 Å². The van der Waals surface area contributed by atoms with Gasteiger partial charge in [0.2, 0.25) is 5.91 Å². The van der Waals surface area contributed by atoms with Crippen molar-refractivity contribution in [3.05, 3.63) is 77.6 Å². The van der Waals surface area contributed by atoms with Crippen molar-refractivity contribution >= 4 is 11.6 Å². The molecule has 0 aliphatic carbocycles. The van der Waals surface area contributed by atoms with Gasteiger partial charge in [-0.15, -0.1) is 0 Å². The largest absolute Gasteiger partial charge is 0.495 e. The molecule has 1 aromatic heterocycles. The highest BCUT2D eigenvalue weighted by molar-refractivity contribution is 5.92. The highest BCUT2D eigenvalue weighted by Crippen LogP contribution is 2.31. The second kappa shape index (κ2) is 9.97. The summed E-state index contributed by atoms with van der Waals surface area (Å²) in [5, 5.41) is 12.0. The van der Waals surface area contributed by atoms with Gasteiger partial charge in [0.05, 0.1) is 12.8 Å². The molecule has 32 heavy (non-hydrogen) atoms. The van der Waals surface area contributed by atoms with Gasteiger partial charge in [-0.3, -0.25) is 4.79 Å². The maximum Gasteiger partial charge on any atom is 0.224 e. The van der Waals surface area contributed by atoms with E-state index in [2.05, 4.69) is 31.1 Å². The second-order valence-electron chi connectivity index (χ2n) is 8.45. The Hall–Kier alpha value is -3.85. The minimum Gasteiger partial charge on any atom is -0.495 e. The van der Waals surface area contributed by atoms with Crippen LogP contribution in [0.25, 0.3) is 0 Å². The third kappa shape index (κ3) is 6.08. The lowest BCUT2D eigenvalue weighted by atomic mass is 9.87. The van der Waals surface area contributed by atoms with Gasteiger partial charge in [-0.05, 0) is 53.3 Å². The van der Waals surface area contributed by atoms with Gasteiger partial charge in [0.1, 0.15) is 29.0 Å². The number of carbonyl (C=O) groups is 1. The molecule has 164 valence electrons. The van der Waals surface area contributed by atoms with Crippen molar-refractivity contribution in [2.24, 2.45) is 0 Å². The number of aryl methyl sites for hydroxylation is 1. The first-order valence-corrected chi connectivity index (χ1v) is 10.4. The molecule has 1 heterocycles. The van der Waals surface area contributed by atoms with Gasteiger partial charge in [-0.2, -0.15) is 5.26 Å². The van der Waals surface area contributed by atoms with Gasteiger partial charge < -0.3 is 14.8 Å². The molecule has 0 radical (unpaired) electrons. The Balaban J connectivity index is 1.64. The fourth-order valence-corrected chi connectivity index (χ4v) is 3.18. The van der Waals surface area contributed by atoms with Crippen LogP contribution in [0.1, 0.15) is 44.0 Å². The summed E-state index contributed by atoms with van der Waals surface area (Å²) in [6.07, 6.45) is 2.41. The maximum atomic E-state index is 12.6. The minimum atomic E-state index is -0.0894. The predicted molar refractivity (Wildman–Crippen MR) is 124 cm³/mol. The van der Waals surface area contributed by atoms with Crippen molar-refractivity contribution in [2.75, 3.05) is 12.4 Å². The zero-order chi connectivity index (χ0) is 23.1. The standard InChI is InChI=1S/C26H27N3O3/c1-26(2,3)19-9-10-24(31-4)23(15-19)29-25(30)11-8-18-6-5-7-21(14-18)32-22-12-13-28-20(16-22)17-27/h5-7,9-10,12-16H,8,11H2,1-4H3,(H,29,30). The Kier molecular flexibility index (Phi) is 7.11. The van der Waals surface area contributed by atoms with E-state index in [9.17, 15) is 4.79 Å². The molecule has 1 N–H and O–H groups in total. The van der Waals surface area contributed by atoms with Gasteiger partial charge >= 0.3 is 0 Å². The van der Waals surface area contributed by atoms with E-state index in [-0.39, 0.29) is 11.3 Å². The van der Waals surface area contributed by atoms with Crippen molar-refractivity contribution in [2.45, 2.75) is 39.0 Å². The van der Waals surface area contributed by atoms with Crippen molar-refractivity contribution < 1.29 is 14.3 Å². The highest BCUT2D eigenvalue weighted by atomic mass is 16.5. The third-order valence-corrected chi connectivity index (χ3v) is 4.96. The van der Waals surface area contributed by atoms with E-state index in [1.54, 1.807) is 19.2 Å². The first kappa shape index (κ1) is 22.8. The topological polar surface area (TPSA) is 84.2 Å². The van der Waals surface area contributed by atoms with Crippen LogP contribution < -0.4 is 14.8 Å². The molecule has 6 nitrogen and oxygen atoms in total. The van der Waals surface area contributed by atoms with Gasteiger partial charge in [-0.1, -0.05) is 39.0 Å². The molecule has 3 rings (SSSR count). The van der Waals surface area contributed by atoms with Gasteiger partial charge in [-0.25, -0.2) is 4.98 Å². The van der Waals surface area contributed by atoms with E-state index < -0.39 is 0 Å². The molecule has 6 heteroatoms. The number of nitriles is 1. The van der Waals surface area contributed by atoms with E-state index >= 15 is 0 Å². The lowest BCUT2D eigenvalue weighted by Gasteiger charge is -2.21. The number of benzene rings is 2. The van der Waals surface area contributed by atoms with Crippen LogP contribution in [0.5, 0.6) is 17.2 Å². The third-order valence-electron chi connectivity index (χ3n) is 4.96. The number of ether oxygens (including phenoxy) is 2.